The highest BCUT2D eigenvalue weighted by atomic mass is 16.6. The van der Waals surface area contributed by atoms with Crippen molar-refractivity contribution in [2.45, 2.75) is 0 Å². The van der Waals surface area contributed by atoms with Crippen molar-refractivity contribution in [3.05, 3.63) is 36.2 Å². The van der Waals surface area contributed by atoms with Gasteiger partial charge in [0.25, 0.3) is 0 Å². The maximum atomic E-state index is 12.8. The number of rotatable bonds is 7. The van der Waals surface area contributed by atoms with Crippen molar-refractivity contribution in [1.29, 1.82) is 0 Å². The second-order valence-electron chi connectivity index (χ2n) is 7.90. The maximum absolute atomic E-state index is 12.8. The van der Waals surface area contributed by atoms with Crippen molar-refractivity contribution < 1.29 is 14.4 Å². The van der Waals surface area contributed by atoms with E-state index in [9.17, 15) is 4.79 Å². The fourth-order valence-corrected chi connectivity index (χ4v) is 3.87. The fraction of sp³-hybridized carbons (Fsp3) is 0.455. The van der Waals surface area contributed by atoms with E-state index in [1.807, 2.05) is 24.3 Å². The Bertz CT molecular complexity index is 972. The number of piperazine rings is 1. The normalized spacial score (nSPS) is 16.7. The quantitative estimate of drug-likeness (QED) is 0.300. The second-order valence-corrected chi connectivity index (χ2v) is 7.90. The van der Waals surface area contributed by atoms with Crippen LogP contribution >= 0.6 is 0 Å². The number of urea groups is 1. The van der Waals surface area contributed by atoms with Crippen molar-refractivity contribution in [1.82, 2.24) is 14.9 Å². The van der Waals surface area contributed by atoms with Crippen molar-refractivity contribution in [3.8, 4) is 0 Å². The van der Waals surface area contributed by atoms with Gasteiger partial charge in [0.15, 0.2) is 0 Å². The average Bonchev–Trinajstić information content (AvgIpc) is 2.88. The smallest absolute Gasteiger partial charge is 0.321 e. The number of nitrogens with two attached hydrogens (primary N) is 2. The molecule has 0 atom stereocenters. The highest BCUT2D eigenvalue weighted by Gasteiger charge is 2.24. The predicted octanol–water partition coefficient (Wildman–Crippen LogP) is 0.559. The van der Waals surface area contributed by atoms with Crippen LogP contribution in [-0.4, -0.2) is 92.7 Å². The summed E-state index contributed by atoms with van der Waals surface area (Å²) < 4.78 is 5.40. The minimum Gasteiger partial charge on any atom is -0.394 e. The first-order chi connectivity index (χ1) is 16.7. The van der Waals surface area contributed by atoms with Gasteiger partial charge in [-0.05, 0) is 24.3 Å². The number of carbonyl (C=O) groups excluding carboxylic acids is 1. The molecule has 2 aliphatic rings. The summed E-state index contributed by atoms with van der Waals surface area (Å²) in [4.78, 5) is 32.4. The van der Waals surface area contributed by atoms with Crippen LogP contribution in [0.5, 0.6) is 0 Å². The van der Waals surface area contributed by atoms with Gasteiger partial charge in [0.1, 0.15) is 24.6 Å². The molecule has 2 saturated heterocycles. The zero-order chi connectivity index (χ0) is 23.8. The summed E-state index contributed by atoms with van der Waals surface area (Å²) >= 11 is 0. The van der Waals surface area contributed by atoms with Gasteiger partial charge in [-0.25, -0.2) is 14.8 Å². The lowest BCUT2D eigenvalue weighted by Gasteiger charge is -2.36. The molecular weight excluding hydrogens is 438 g/mol. The number of oxime groups is 1. The number of hydrogen-bond donors (Lipinski definition) is 3. The molecule has 1 aromatic heterocycles. The summed E-state index contributed by atoms with van der Waals surface area (Å²) in [6.45, 7) is 6.20. The summed E-state index contributed by atoms with van der Waals surface area (Å²) in [5.41, 5.74) is 13.9. The number of aromatic nitrogens is 2. The minimum atomic E-state index is -0.127. The molecule has 12 nitrogen and oxygen atoms in total. The third-order valence-electron chi connectivity index (χ3n) is 5.72. The van der Waals surface area contributed by atoms with Gasteiger partial charge in [-0.2, -0.15) is 0 Å². The molecule has 4 rings (SSSR count). The number of amides is 2. The van der Waals surface area contributed by atoms with Gasteiger partial charge in [0.2, 0.25) is 0 Å². The third-order valence-corrected chi connectivity index (χ3v) is 5.72. The lowest BCUT2D eigenvalue weighted by atomic mass is 10.2. The number of nitrogens with zero attached hydrogens (tertiary/aromatic N) is 6. The molecule has 0 unspecified atom stereocenters. The van der Waals surface area contributed by atoms with Crippen LogP contribution in [0.25, 0.3) is 0 Å². The highest BCUT2D eigenvalue weighted by molar-refractivity contribution is 5.92. The highest BCUT2D eigenvalue weighted by Crippen LogP contribution is 2.22. The van der Waals surface area contributed by atoms with Gasteiger partial charge < -0.3 is 41.1 Å². The van der Waals surface area contributed by atoms with E-state index >= 15 is 0 Å². The number of carbonyl (C=O) groups is 1. The Morgan fingerprint density at radius 2 is 1.82 bits per heavy atom. The zero-order valence-corrected chi connectivity index (χ0v) is 19.1. The molecule has 5 N–H and O–H groups in total. The van der Waals surface area contributed by atoms with Crippen molar-refractivity contribution >= 4 is 35.3 Å². The summed E-state index contributed by atoms with van der Waals surface area (Å²) in [6.07, 6.45) is 2.92. The van der Waals surface area contributed by atoms with Crippen LogP contribution in [0, 0.1) is 0 Å². The minimum absolute atomic E-state index is 0.127. The van der Waals surface area contributed by atoms with E-state index in [0.29, 0.717) is 56.5 Å². The molecule has 182 valence electrons. The molecule has 3 heterocycles. The van der Waals surface area contributed by atoms with Crippen molar-refractivity contribution in [2.24, 2.45) is 10.9 Å². The summed E-state index contributed by atoms with van der Waals surface area (Å²) in [5.74, 6) is 0.970. The largest absolute Gasteiger partial charge is 0.394 e. The first-order valence-electron chi connectivity index (χ1n) is 11.3. The topological polar surface area (TPSA) is 147 Å². The number of nitrogens with one attached hydrogen (secondary N) is 1. The Hall–Kier alpha value is -3.64. The first kappa shape index (κ1) is 23.5. The molecule has 0 spiro atoms. The van der Waals surface area contributed by atoms with Gasteiger partial charge in [0, 0.05) is 57.2 Å². The molecule has 2 aromatic rings. The van der Waals surface area contributed by atoms with Crippen LogP contribution in [0.15, 0.2) is 35.7 Å². The lowest BCUT2D eigenvalue weighted by molar-refractivity contribution is 0.122. The fourth-order valence-electron chi connectivity index (χ4n) is 3.87. The van der Waals surface area contributed by atoms with Gasteiger partial charge >= 0.3 is 6.03 Å². The molecule has 0 aliphatic carbocycles. The van der Waals surface area contributed by atoms with Crippen LogP contribution in [0.2, 0.25) is 0 Å². The number of hydrogen-bond acceptors (Lipinski definition) is 10. The van der Waals surface area contributed by atoms with E-state index in [2.05, 4.69) is 30.2 Å². The molecule has 2 fully saturated rings. The standard InChI is InChI=1S/C22H31N9O3/c23-5-12-34-27-15-19-20(24)25-16-26-21(19)30-6-8-31(9-7-30)22(32)28-17-1-3-18(4-2-17)29-10-13-33-14-11-29/h1-4,15-16H,5-14,23H2,(H,28,32)(H2,24,25,26). The zero-order valence-electron chi connectivity index (χ0n) is 19.1. The van der Waals surface area contributed by atoms with E-state index in [0.717, 1.165) is 37.7 Å². The van der Waals surface area contributed by atoms with Crippen LogP contribution in [0.4, 0.5) is 27.8 Å². The molecule has 0 saturated carbocycles. The number of morpholine rings is 1. The third kappa shape index (κ3) is 5.83. The SMILES string of the molecule is NCCON=Cc1c(N)ncnc1N1CCN(C(=O)Nc2ccc(N3CCOCC3)cc2)CC1. The Morgan fingerprint density at radius 1 is 1.09 bits per heavy atom. The van der Waals surface area contributed by atoms with Gasteiger partial charge in [-0.15, -0.1) is 0 Å². The van der Waals surface area contributed by atoms with Crippen LogP contribution in [0.1, 0.15) is 5.56 Å². The molecule has 0 bridgehead atoms. The monoisotopic (exact) mass is 469 g/mol. The second kappa shape index (κ2) is 11.5. The Balaban J connectivity index is 1.32. The number of nitrogen functional groups attached to an aromatic ring is 1. The van der Waals surface area contributed by atoms with Gasteiger partial charge in [-0.1, -0.05) is 5.16 Å². The molecule has 0 radical (unpaired) electrons. The lowest BCUT2D eigenvalue weighted by Crippen LogP contribution is -2.50. The van der Waals surface area contributed by atoms with E-state index in [-0.39, 0.29) is 6.03 Å². The average molecular weight is 470 g/mol. The van der Waals surface area contributed by atoms with Gasteiger partial charge in [0.05, 0.1) is 25.0 Å². The van der Waals surface area contributed by atoms with Crippen LogP contribution in [0.3, 0.4) is 0 Å². The molecule has 1 aromatic carbocycles. The maximum Gasteiger partial charge on any atom is 0.321 e. The molecule has 12 heteroatoms. The van der Waals surface area contributed by atoms with E-state index in [1.165, 1.54) is 12.5 Å². The molecule has 2 aliphatic heterocycles. The Kier molecular flexibility index (Phi) is 7.94. The molecule has 34 heavy (non-hydrogen) atoms. The van der Waals surface area contributed by atoms with E-state index in [4.69, 9.17) is 21.0 Å². The van der Waals surface area contributed by atoms with E-state index in [1.54, 1.807) is 4.90 Å². The first-order valence-corrected chi connectivity index (χ1v) is 11.3. The van der Waals surface area contributed by atoms with E-state index < -0.39 is 0 Å². The summed E-state index contributed by atoms with van der Waals surface area (Å²) in [7, 11) is 0. The summed E-state index contributed by atoms with van der Waals surface area (Å²) in [5, 5.41) is 6.89. The number of benzene rings is 1. The molecule has 2 amide bonds. The van der Waals surface area contributed by atoms with Crippen molar-refractivity contribution in [2.75, 3.05) is 86.5 Å². The number of anilines is 4. The van der Waals surface area contributed by atoms with Crippen molar-refractivity contribution in [3.63, 3.8) is 0 Å². The predicted molar refractivity (Wildman–Crippen MR) is 131 cm³/mol. The van der Waals surface area contributed by atoms with Crippen LogP contribution < -0.4 is 26.6 Å². The summed E-state index contributed by atoms with van der Waals surface area (Å²) in [6, 6.07) is 7.79. The Labute approximate surface area is 198 Å². The number of ether oxygens (including phenoxy) is 1. The Morgan fingerprint density at radius 3 is 2.53 bits per heavy atom. The van der Waals surface area contributed by atoms with Crippen LogP contribution in [-0.2, 0) is 9.57 Å². The van der Waals surface area contributed by atoms with Gasteiger partial charge in [-0.3, -0.25) is 0 Å². The molecular formula is C22H31N9O3.